The molecule has 0 bridgehead atoms. The number of benzene rings is 1. The second-order valence-corrected chi connectivity index (χ2v) is 5.34. The number of halogens is 1. The molecule has 0 aliphatic rings. The van der Waals surface area contributed by atoms with Crippen molar-refractivity contribution in [1.29, 1.82) is 0 Å². The van der Waals surface area contributed by atoms with Crippen LogP contribution in [0, 0.1) is 0 Å². The quantitative estimate of drug-likeness (QED) is 0.271. The van der Waals surface area contributed by atoms with Gasteiger partial charge in [0, 0.05) is 32.7 Å². The lowest BCUT2D eigenvalue weighted by atomic mass is 10.2. The summed E-state index contributed by atoms with van der Waals surface area (Å²) >= 11 is 0. The summed E-state index contributed by atoms with van der Waals surface area (Å²) in [6.07, 6.45) is 0.891. The minimum absolute atomic E-state index is 0. The molecule has 1 aromatic carbocycles. The molecule has 0 saturated heterocycles. The van der Waals surface area contributed by atoms with E-state index in [0.717, 1.165) is 36.8 Å². The Labute approximate surface area is 157 Å². The molecule has 0 heterocycles. The molecule has 0 radical (unpaired) electrons. The maximum absolute atomic E-state index is 5.71. The second kappa shape index (κ2) is 13.4. The monoisotopic (exact) mass is 435 g/mol. The number of rotatable bonds is 9. The Bertz CT molecular complexity index is 453. The van der Waals surface area contributed by atoms with Crippen molar-refractivity contribution < 1.29 is 9.47 Å². The summed E-state index contributed by atoms with van der Waals surface area (Å²) in [5, 5.41) is 6.55. The predicted molar refractivity (Wildman–Crippen MR) is 107 cm³/mol. The summed E-state index contributed by atoms with van der Waals surface area (Å²) in [5.41, 5.74) is 1.13. The van der Waals surface area contributed by atoms with E-state index in [-0.39, 0.29) is 24.0 Å². The van der Waals surface area contributed by atoms with Gasteiger partial charge in [-0.1, -0.05) is 12.1 Å². The van der Waals surface area contributed by atoms with Crippen molar-refractivity contribution in [2.45, 2.75) is 39.8 Å². The highest BCUT2D eigenvalue weighted by atomic mass is 127. The number of guanidine groups is 1. The number of hydrogen-bond acceptors (Lipinski definition) is 3. The van der Waals surface area contributed by atoms with Gasteiger partial charge in [0.2, 0.25) is 0 Å². The summed E-state index contributed by atoms with van der Waals surface area (Å²) in [6, 6.07) is 8.42. The third-order valence-corrected chi connectivity index (χ3v) is 2.85. The first kappa shape index (κ1) is 22.0. The molecule has 6 heteroatoms. The zero-order valence-corrected chi connectivity index (χ0v) is 16.9. The summed E-state index contributed by atoms with van der Waals surface area (Å²) in [7, 11) is 1.70. The molecule has 2 N–H and O–H groups in total. The Morgan fingerprint density at radius 2 is 2.04 bits per heavy atom. The molecule has 0 fully saturated rings. The highest BCUT2D eigenvalue weighted by molar-refractivity contribution is 14.0. The summed E-state index contributed by atoms with van der Waals surface area (Å²) in [5.74, 6) is 1.72. The van der Waals surface area contributed by atoms with Crippen LogP contribution in [0.3, 0.4) is 0 Å². The standard InChI is InChI=1S/C17H29N3O2.HI/c1-5-18-17(20-14(2)3)19-13-15-8-6-9-16(12-15)22-11-7-10-21-4;/h6,8-9,12,14H,5,7,10-11,13H2,1-4H3,(H2,18,19,20);1H. The van der Waals surface area contributed by atoms with Gasteiger partial charge in [-0.25, -0.2) is 4.99 Å². The van der Waals surface area contributed by atoms with Gasteiger partial charge < -0.3 is 20.1 Å². The number of hydrogen-bond donors (Lipinski definition) is 2. The predicted octanol–water partition coefficient (Wildman–Crippen LogP) is 3.18. The molecule has 1 aromatic rings. The lowest BCUT2D eigenvalue weighted by Gasteiger charge is -2.14. The minimum Gasteiger partial charge on any atom is -0.493 e. The molecule has 0 aliphatic heterocycles. The first-order valence-corrected chi connectivity index (χ1v) is 7.91. The van der Waals surface area contributed by atoms with Crippen LogP contribution in [0.1, 0.15) is 32.8 Å². The van der Waals surface area contributed by atoms with Crippen LogP contribution < -0.4 is 15.4 Å². The van der Waals surface area contributed by atoms with Crippen molar-refractivity contribution in [2.24, 2.45) is 4.99 Å². The first-order chi connectivity index (χ1) is 10.7. The van der Waals surface area contributed by atoms with Gasteiger partial charge in [0.05, 0.1) is 13.2 Å². The number of methoxy groups -OCH3 is 1. The Morgan fingerprint density at radius 1 is 1.26 bits per heavy atom. The van der Waals surface area contributed by atoms with Crippen LogP contribution in [0.2, 0.25) is 0 Å². The molecule has 0 unspecified atom stereocenters. The Kier molecular flexibility index (Phi) is 12.8. The second-order valence-electron chi connectivity index (χ2n) is 5.34. The average Bonchev–Trinajstić information content (AvgIpc) is 2.49. The summed E-state index contributed by atoms with van der Waals surface area (Å²) < 4.78 is 10.7. The third kappa shape index (κ3) is 10.4. The van der Waals surface area contributed by atoms with E-state index >= 15 is 0 Å². The van der Waals surface area contributed by atoms with E-state index in [1.54, 1.807) is 7.11 Å². The zero-order chi connectivity index (χ0) is 16.2. The molecule has 0 atom stereocenters. The van der Waals surface area contributed by atoms with E-state index in [1.165, 1.54) is 0 Å². The number of nitrogens with zero attached hydrogens (tertiary/aromatic N) is 1. The van der Waals surface area contributed by atoms with Gasteiger partial charge in [0.1, 0.15) is 5.75 Å². The minimum atomic E-state index is 0. The van der Waals surface area contributed by atoms with Crippen molar-refractivity contribution in [3.8, 4) is 5.75 Å². The first-order valence-electron chi connectivity index (χ1n) is 7.91. The fourth-order valence-electron chi connectivity index (χ4n) is 1.89. The van der Waals surface area contributed by atoms with Crippen LogP contribution in [-0.2, 0) is 11.3 Å². The fourth-order valence-corrected chi connectivity index (χ4v) is 1.89. The molecule has 132 valence electrons. The van der Waals surface area contributed by atoms with Gasteiger partial charge in [-0.15, -0.1) is 24.0 Å². The van der Waals surface area contributed by atoms with Crippen LogP contribution >= 0.6 is 24.0 Å². The van der Waals surface area contributed by atoms with E-state index in [4.69, 9.17) is 9.47 Å². The number of nitrogens with one attached hydrogen (secondary N) is 2. The van der Waals surface area contributed by atoms with Gasteiger partial charge in [-0.2, -0.15) is 0 Å². The fraction of sp³-hybridized carbons (Fsp3) is 0.588. The van der Waals surface area contributed by atoms with E-state index in [1.807, 2.05) is 18.2 Å². The van der Waals surface area contributed by atoms with Crippen LogP contribution in [0.25, 0.3) is 0 Å². The van der Waals surface area contributed by atoms with Gasteiger partial charge in [-0.3, -0.25) is 0 Å². The molecule has 23 heavy (non-hydrogen) atoms. The van der Waals surface area contributed by atoms with Crippen LogP contribution in [0.4, 0.5) is 0 Å². The topological polar surface area (TPSA) is 54.9 Å². The highest BCUT2D eigenvalue weighted by Crippen LogP contribution is 2.14. The Morgan fingerprint density at radius 3 is 2.70 bits per heavy atom. The largest absolute Gasteiger partial charge is 0.493 e. The molecule has 1 rings (SSSR count). The van der Waals surface area contributed by atoms with Crippen molar-refractivity contribution in [1.82, 2.24) is 10.6 Å². The molecular weight excluding hydrogens is 405 g/mol. The number of ether oxygens (including phenoxy) is 2. The van der Waals surface area contributed by atoms with E-state index in [0.29, 0.717) is 19.2 Å². The number of aliphatic imine (C=N–C) groups is 1. The third-order valence-electron chi connectivity index (χ3n) is 2.85. The van der Waals surface area contributed by atoms with Crippen LogP contribution in [0.5, 0.6) is 5.75 Å². The average molecular weight is 435 g/mol. The van der Waals surface area contributed by atoms with Crippen molar-refractivity contribution in [3.05, 3.63) is 29.8 Å². The van der Waals surface area contributed by atoms with Gasteiger partial charge >= 0.3 is 0 Å². The maximum atomic E-state index is 5.71. The smallest absolute Gasteiger partial charge is 0.191 e. The van der Waals surface area contributed by atoms with E-state index in [2.05, 4.69) is 42.5 Å². The summed E-state index contributed by atoms with van der Waals surface area (Å²) in [4.78, 5) is 4.59. The molecular formula is C17H30IN3O2. The molecule has 5 nitrogen and oxygen atoms in total. The molecule has 0 aromatic heterocycles. The van der Waals surface area contributed by atoms with Crippen molar-refractivity contribution >= 4 is 29.9 Å². The normalized spacial score (nSPS) is 11.1. The van der Waals surface area contributed by atoms with Crippen molar-refractivity contribution in [2.75, 3.05) is 26.9 Å². The highest BCUT2D eigenvalue weighted by Gasteiger charge is 2.01. The van der Waals surface area contributed by atoms with Gasteiger partial charge in [0.15, 0.2) is 5.96 Å². The van der Waals surface area contributed by atoms with Crippen LogP contribution in [-0.4, -0.2) is 38.9 Å². The lowest BCUT2D eigenvalue weighted by molar-refractivity contribution is 0.172. The molecule has 0 spiro atoms. The molecule has 0 aliphatic carbocycles. The van der Waals surface area contributed by atoms with Crippen molar-refractivity contribution in [3.63, 3.8) is 0 Å². The van der Waals surface area contributed by atoms with E-state index in [9.17, 15) is 0 Å². The zero-order valence-electron chi connectivity index (χ0n) is 14.6. The van der Waals surface area contributed by atoms with Gasteiger partial charge in [0.25, 0.3) is 0 Å². The van der Waals surface area contributed by atoms with Gasteiger partial charge in [-0.05, 0) is 38.5 Å². The summed E-state index contributed by atoms with van der Waals surface area (Å²) in [6.45, 7) is 9.11. The molecule has 0 saturated carbocycles. The maximum Gasteiger partial charge on any atom is 0.191 e. The van der Waals surface area contributed by atoms with Crippen LogP contribution in [0.15, 0.2) is 29.3 Å². The lowest BCUT2D eigenvalue weighted by Crippen LogP contribution is -2.40. The van der Waals surface area contributed by atoms with E-state index < -0.39 is 0 Å². The SMILES string of the molecule is CCNC(=NCc1cccc(OCCCOC)c1)NC(C)C.I. The molecule has 0 amide bonds. The Hall–Kier alpha value is -1.02. The Balaban J connectivity index is 0.00000484.